The number of nitrogens with one attached hydrogen (secondary N) is 1. The van der Waals surface area contributed by atoms with Crippen LogP contribution in [0.4, 0.5) is 5.69 Å². The van der Waals surface area contributed by atoms with E-state index in [2.05, 4.69) is 5.32 Å². The van der Waals surface area contributed by atoms with Gasteiger partial charge in [0.25, 0.3) is 5.91 Å². The van der Waals surface area contributed by atoms with Crippen molar-refractivity contribution in [3.8, 4) is 0 Å². The van der Waals surface area contributed by atoms with Gasteiger partial charge in [0.2, 0.25) is 5.91 Å². The average Bonchev–Trinajstić information content (AvgIpc) is 2.62. The zero-order valence-electron chi connectivity index (χ0n) is 14.3. The Morgan fingerprint density at radius 2 is 1.68 bits per heavy atom. The van der Waals surface area contributed by atoms with Crippen molar-refractivity contribution in [2.75, 3.05) is 24.2 Å². The van der Waals surface area contributed by atoms with Crippen molar-refractivity contribution >= 4 is 40.9 Å². The monoisotopic (exact) mass is 376 g/mol. The number of benzene rings is 2. The van der Waals surface area contributed by atoms with Crippen molar-refractivity contribution in [1.29, 1.82) is 0 Å². The summed E-state index contributed by atoms with van der Waals surface area (Å²) in [6.07, 6.45) is 0. The number of anilines is 1. The minimum absolute atomic E-state index is 0.0775. The predicted molar refractivity (Wildman–Crippen MR) is 104 cm³/mol. The summed E-state index contributed by atoms with van der Waals surface area (Å²) in [7, 11) is 0. The lowest BCUT2D eigenvalue weighted by atomic mass is 10.1. The van der Waals surface area contributed by atoms with Gasteiger partial charge in [-0.25, -0.2) is 0 Å². The summed E-state index contributed by atoms with van der Waals surface area (Å²) >= 11 is 7.27. The van der Waals surface area contributed by atoms with E-state index in [4.69, 9.17) is 11.6 Å². The molecule has 0 aliphatic heterocycles. The number of amides is 2. The average molecular weight is 377 g/mol. The number of rotatable bonds is 7. The Hall–Kier alpha value is -1.98. The number of hydrogen-bond donors (Lipinski definition) is 1. The molecule has 2 aromatic carbocycles. The van der Waals surface area contributed by atoms with E-state index in [-0.39, 0.29) is 17.6 Å². The van der Waals surface area contributed by atoms with E-state index in [1.807, 2.05) is 26.0 Å². The molecule has 0 fully saturated rings. The van der Waals surface area contributed by atoms with Gasteiger partial charge >= 0.3 is 0 Å². The summed E-state index contributed by atoms with van der Waals surface area (Å²) in [5.74, 6) is 0.0288. The van der Waals surface area contributed by atoms with Crippen LogP contribution in [-0.4, -0.2) is 35.6 Å². The van der Waals surface area contributed by atoms with Crippen molar-refractivity contribution in [3.05, 3.63) is 59.1 Å². The number of para-hydroxylation sites is 1. The summed E-state index contributed by atoms with van der Waals surface area (Å²) in [5.41, 5.74) is 1.05. The van der Waals surface area contributed by atoms with Crippen LogP contribution >= 0.6 is 23.4 Å². The fourth-order valence-electron chi connectivity index (χ4n) is 2.33. The van der Waals surface area contributed by atoms with Crippen LogP contribution in [0, 0.1) is 0 Å². The molecule has 4 nitrogen and oxygen atoms in total. The molecule has 0 unspecified atom stereocenters. The summed E-state index contributed by atoms with van der Waals surface area (Å²) < 4.78 is 0. The smallest absolute Gasteiger partial charge is 0.255 e. The second kappa shape index (κ2) is 9.49. The quantitative estimate of drug-likeness (QED) is 0.721. The van der Waals surface area contributed by atoms with Gasteiger partial charge in [-0.15, -0.1) is 11.8 Å². The Bertz CT molecular complexity index is 730. The van der Waals surface area contributed by atoms with Gasteiger partial charge in [0.1, 0.15) is 0 Å². The van der Waals surface area contributed by atoms with E-state index >= 15 is 0 Å². The van der Waals surface area contributed by atoms with E-state index in [0.29, 0.717) is 29.4 Å². The highest BCUT2D eigenvalue weighted by Crippen LogP contribution is 2.22. The van der Waals surface area contributed by atoms with Crippen molar-refractivity contribution in [1.82, 2.24) is 4.90 Å². The van der Waals surface area contributed by atoms with Gasteiger partial charge in [-0.1, -0.05) is 23.7 Å². The molecule has 0 aromatic heterocycles. The highest BCUT2D eigenvalue weighted by atomic mass is 35.5. The molecular formula is C19H21ClN2O2S. The normalized spacial score (nSPS) is 10.4. The topological polar surface area (TPSA) is 49.4 Å². The minimum Gasteiger partial charge on any atom is -0.339 e. The van der Waals surface area contributed by atoms with Crippen LogP contribution in [0.15, 0.2) is 53.4 Å². The molecule has 25 heavy (non-hydrogen) atoms. The van der Waals surface area contributed by atoms with E-state index in [1.54, 1.807) is 41.3 Å². The van der Waals surface area contributed by atoms with Gasteiger partial charge in [0.15, 0.2) is 0 Å². The molecule has 0 heterocycles. The third kappa shape index (κ3) is 5.51. The van der Waals surface area contributed by atoms with Crippen molar-refractivity contribution in [3.63, 3.8) is 0 Å². The van der Waals surface area contributed by atoms with Crippen LogP contribution in [0.25, 0.3) is 0 Å². The molecule has 132 valence electrons. The first-order valence-electron chi connectivity index (χ1n) is 8.11. The van der Waals surface area contributed by atoms with E-state index < -0.39 is 0 Å². The molecule has 0 saturated carbocycles. The molecule has 2 amide bonds. The Morgan fingerprint density at radius 1 is 1.04 bits per heavy atom. The van der Waals surface area contributed by atoms with Crippen LogP contribution in [0.2, 0.25) is 5.02 Å². The number of carbonyl (C=O) groups is 2. The fraction of sp³-hybridized carbons (Fsp3) is 0.263. The molecule has 0 radical (unpaired) electrons. The number of thioether (sulfide) groups is 1. The lowest BCUT2D eigenvalue weighted by Gasteiger charge is -2.20. The summed E-state index contributed by atoms with van der Waals surface area (Å²) in [4.78, 5) is 27.5. The Kier molecular flexibility index (Phi) is 7.34. The zero-order chi connectivity index (χ0) is 18.2. The number of nitrogens with zero attached hydrogens (tertiary/aromatic N) is 1. The first kappa shape index (κ1) is 19.3. The first-order valence-corrected chi connectivity index (χ1v) is 9.48. The van der Waals surface area contributed by atoms with Gasteiger partial charge in [0, 0.05) is 23.0 Å². The molecule has 0 bridgehead atoms. The number of hydrogen-bond acceptors (Lipinski definition) is 3. The van der Waals surface area contributed by atoms with Gasteiger partial charge < -0.3 is 10.2 Å². The van der Waals surface area contributed by atoms with Crippen LogP contribution in [-0.2, 0) is 4.79 Å². The molecule has 0 saturated heterocycles. The molecule has 1 N–H and O–H groups in total. The molecule has 2 rings (SSSR count). The van der Waals surface area contributed by atoms with E-state index in [1.165, 1.54) is 11.8 Å². The standard InChI is InChI=1S/C19H21ClN2O2S/c1-3-22(4-2)19(24)16-7-5-6-8-17(16)21-18(23)13-25-15-11-9-14(20)10-12-15/h5-12H,3-4,13H2,1-2H3,(H,21,23). The minimum atomic E-state index is -0.153. The first-order chi connectivity index (χ1) is 12.0. The maximum absolute atomic E-state index is 12.6. The van der Waals surface area contributed by atoms with Crippen LogP contribution in [0.5, 0.6) is 0 Å². The fourth-order valence-corrected chi connectivity index (χ4v) is 3.15. The van der Waals surface area contributed by atoms with Gasteiger partial charge in [-0.3, -0.25) is 9.59 Å². The Labute approximate surface area is 157 Å². The highest BCUT2D eigenvalue weighted by Gasteiger charge is 2.17. The summed E-state index contributed by atoms with van der Waals surface area (Å²) in [6, 6.07) is 14.4. The molecule has 6 heteroatoms. The van der Waals surface area contributed by atoms with E-state index in [0.717, 1.165) is 4.90 Å². The number of carbonyl (C=O) groups excluding carboxylic acids is 2. The summed E-state index contributed by atoms with van der Waals surface area (Å²) in [5, 5.41) is 3.51. The van der Waals surface area contributed by atoms with Gasteiger partial charge in [-0.05, 0) is 50.2 Å². The SMILES string of the molecule is CCN(CC)C(=O)c1ccccc1NC(=O)CSc1ccc(Cl)cc1. The Morgan fingerprint density at radius 3 is 2.32 bits per heavy atom. The predicted octanol–water partition coefficient (Wildman–Crippen LogP) is 4.55. The Balaban J connectivity index is 2.03. The highest BCUT2D eigenvalue weighted by molar-refractivity contribution is 8.00. The zero-order valence-corrected chi connectivity index (χ0v) is 15.9. The second-order valence-electron chi connectivity index (χ2n) is 5.31. The third-order valence-electron chi connectivity index (χ3n) is 3.67. The van der Waals surface area contributed by atoms with Crippen molar-refractivity contribution in [2.24, 2.45) is 0 Å². The molecule has 0 spiro atoms. The molecule has 0 atom stereocenters. The largest absolute Gasteiger partial charge is 0.339 e. The molecular weight excluding hydrogens is 356 g/mol. The number of halogens is 1. The van der Waals surface area contributed by atoms with Crippen LogP contribution in [0.3, 0.4) is 0 Å². The second-order valence-corrected chi connectivity index (χ2v) is 6.80. The van der Waals surface area contributed by atoms with Crippen molar-refractivity contribution in [2.45, 2.75) is 18.7 Å². The molecule has 0 aliphatic rings. The van der Waals surface area contributed by atoms with Crippen LogP contribution in [0.1, 0.15) is 24.2 Å². The summed E-state index contributed by atoms with van der Waals surface area (Å²) in [6.45, 7) is 5.13. The molecule has 2 aromatic rings. The van der Waals surface area contributed by atoms with Crippen LogP contribution < -0.4 is 5.32 Å². The maximum Gasteiger partial charge on any atom is 0.255 e. The van der Waals surface area contributed by atoms with Crippen molar-refractivity contribution < 1.29 is 9.59 Å². The maximum atomic E-state index is 12.6. The molecule has 0 aliphatic carbocycles. The van der Waals surface area contributed by atoms with Gasteiger partial charge in [-0.2, -0.15) is 0 Å². The lowest BCUT2D eigenvalue weighted by molar-refractivity contribution is -0.113. The lowest BCUT2D eigenvalue weighted by Crippen LogP contribution is -2.31. The van der Waals surface area contributed by atoms with E-state index in [9.17, 15) is 9.59 Å². The van der Waals surface area contributed by atoms with Gasteiger partial charge in [0.05, 0.1) is 17.0 Å². The third-order valence-corrected chi connectivity index (χ3v) is 4.93.